The first-order valence-corrected chi connectivity index (χ1v) is 9.27. The van der Waals surface area contributed by atoms with E-state index in [1.807, 2.05) is 6.20 Å². The van der Waals surface area contributed by atoms with Crippen LogP contribution in [0.5, 0.6) is 0 Å². The molecule has 1 aromatic carbocycles. The van der Waals surface area contributed by atoms with Gasteiger partial charge >= 0.3 is 0 Å². The molecule has 136 valence electrons. The van der Waals surface area contributed by atoms with Gasteiger partial charge in [-0.1, -0.05) is 18.2 Å². The summed E-state index contributed by atoms with van der Waals surface area (Å²) in [6.45, 7) is 3.17. The van der Waals surface area contributed by atoms with Gasteiger partial charge in [-0.15, -0.1) is 0 Å². The number of piperidine rings is 1. The lowest BCUT2D eigenvalue weighted by atomic mass is 9.96. The van der Waals surface area contributed by atoms with E-state index in [1.54, 1.807) is 23.1 Å². The number of nitrogens with zero attached hydrogens (tertiary/aromatic N) is 3. The van der Waals surface area contributed by atoms with Gasteiger partial charge < -0.3 is 10.2 Å². The van der Waals surface area contributed by atoms with Crippen LogP contribution in [0, 0.1) is 5.82 Å². The van der Waals surface area contributed by atoms with Gasteiger partial charge in [0.25, 0.3) is 0 Å². The Morgan fingerprint density at radius 1 is 1.27 bits per heavy atom. The molecule has 5 nitrogen and oxygen atoms in total. The molecule has 1 amide bonds. The van der Waals surface area contributed by atoms with Crippen LogP contribution in [0.3, 0.4) is 0 Å². The zero-order valence-corrected chi connectivity index (χ0v) is 14.7. The molecule has 2 aromatic rings. The molecule has 2 aliphatic heterocycles. The lowest BCUT2D eigenvalue weighted by Gasteiger charge is -2.29. The van der Waals surface area contributed by atoms with Crippen molar-refractivity contribution in [2.45, 2.75) is 38.1 Å². The van der Waals surface area contributed by atoms with E-state index < -0.39 is 0 Å². The van der Waals surface area contributed by atoms with Gasteiger partial charge in [-0.25, -0.2) is 14.4 Å². The summed E-state index contributed by atoms with van der Waals surface area (Å²) < 4.78 is 13.8. The highest BCUT2D eigenvalue weighted by atomic mass is 19.1. The number of hydrogen-bond donors (Lipinski definition) is 1. The van der Waals surface area contributed by atoms with Crippen molar-refractivity contribution in [3.05, 3.63) is 58.9 Å². The van der Waals surface area contributed by atoms with Gasteiger partial charge in [0.05, 0.1) is 12.1 Å². The Bertz CT molecular complexity index is 804. The molecule has 1 N–H and O–H groups in total. The quantitative estimate of drug-likeness (QED) is 0.918. The minimum Gasteiger partial charge on any atom is -0.338 e. The normalized spacial score (nSPS) is 17.8. The van der Waals surface area contributed by atoms with Crippen molar-refractivity contribution in [3.63, 3.8) is 0 Å². The molecule has 1 saturated heterocycles. The lowest BCUT2D eigenvalue weighted by Crippen LogP contribution is -2.37. The minimum absolute atomic E-state index is 0.0526. The van der Waals surface area contributed by atoms with E-state index in [9.17, 15) is 9.18 Å². The van der Waals surface area contributed by atoms with Crippen LogP contribution in [0.4, 0.5) is 4.39 Å². The zero-order chi connectivity index (χ0) is 17.9. The fraction of sp³-hybridized carbons (Fsp3) is 0.450. The number of benzene rings is 1. The Hall–Kier alpha value is -2.34. The summed E-state index contributed by atoms with van der Waals surface area (Å²) in [5, 5.41) is 3.36. The van der Waals surface area contributed by atoms with Gasteiger partial charge in [0, 0.05) is 37.2 Å². The predicted octanol–water partition coefficient (Wildman–Crippen LogP) is 2.21. The number of carbonyl (C=O) groups is 1. The van der Waals surface area contributed by atoms with E-state index in [-0.39, 0.29) is 18.1 Å². The van der Waals surface area contributed by atoms with Crippen LogP contribution in [0.1, 0.15) is 41.4 Å². The fourth-order valence-corrected chi connectivity index (χ4v) is 3.74. The van der Waals surface area contributed by atoms with Crippen molar-refractivity contribution in [2.75, 3.05) is 19.6 Å². The van der Waals surface area contributed by atoms with Gasteiger partial charge in [0.1, 0.15) is 11.6 Å². The van der Waals surface area contributed by atoms with Crippen LogP contribution in [0.15, 0.2) is 30.5 Å². The predicted molar refractivity (Wildman–Crippen MR) is 96.1 cm³/mol. The highest BCUT2D eigenvalue weighted by molar-refractivity contribution is 5.79. The standard InChI is InChI=1S/C20H23FN4O/c21-17-4-2-1-3-15(17)11-19(26)25-10-7-18-16(13-25)12-23-20(24-18)14-5-8-22-9-6-14/h1-4,12,14,22H,5-11,13H2. The number of rotatable bonds is 3. The molecule has 0 atom stereocenters. The third-order valence-corrected chi connectivity index (χ3v) is 5.31. The van der Waals surface area contributed by atoms with Crippen molar-refractivity contribution in [3.8, 4) is 0 Å². The number of aromatic nitrogens is 2. The first kappa shape index (κ1) is 17.1. The summed E-state index contributed by atoms with van der Waals surface area (Å²) in [5.41, 5.74) is 2.51. The molecule has 2 aliphatic rings. The van der Waals surface area contributed by atoms with E-state index >= 15 is 0 Å². The van der Waals surface area contributed by atoms with E-state index in [0.717, 1.165) is 49.4 Å². The number of halogens is 1. The molecule has 3 heterocycles. The molecule has 26 heavy (non-hydrogen) atoms. The Labute approximate surface area is 152 Å². The lowest BCUT2D eigenvalue weighted by molar-refractivity contribution is -0.131. The van der Waals surface area contributed by atoms with Gasteiger partial charge in [0.15, 0.2) is 0 Å². The molecule has 0 aliphatic carbocycles. The molecule has 1 aromatic heterocycles. The van der Waals surface area contributed by atoms with E-state index in [0.29, 0.717) is 24.6 Å². The summed E-state index contributed by atoms with van der Waals surface area (Å²) >= 11 is 0. The smallest absolute Gasteiger partial charge is 0.227 e. The average Bonchev–Trinajstić information content (AvgIpc) is 2.69. The third-order valence-electron chi connectivity index (χ3n) is 5.31. The summed E-state index contributed by atoms with van der Waals surface area (Å²) in [6, 6.07) is 6.45. The largest absolute Gasteiger partial charge is 0.338 e. The Morgan fingerprint density at radius 3 is 2.88 bits per heavy atom. The van der Waals surface area contributed by atoms with Gasteiger partial charge in [0.2, 0.25) is 5.91 Å². The molecule has 0 saturated carbocycles. The van der Waals surface area contributed by atoms with Crippen LogP contribution in [0.2, 0.25) is 0 Å². The summed E-state index contributed by atoms with van der Waals surface area (Å²) in [5.74, 6) is 0.995. The topological polar surface area (TPSA) is 58.1 Å². The van der Waals surface area contributed by atoms with Crippen molar-refractivity contribution >= 4 is 5.91 Å². The zero-order valence-electron chi connectivity index (χ0n) is 14.7. The van der Waals surface area contributed by atoms with E-state index in [1.165, 1.54) is 6.07 Å². The minimum atomic E-state index is -0.326. The Balaban J connectivity index is 1.44. The van der Waals surface area contributed by atoms with Crippen molar-refractivity contribution in [2.24, 2.45) is 0 Å². The Kier molecular flexibility index (Phi) is 4.93. The summed E-state index contributed by atoms with van der Waals surface area (Å²) in [4.78, 5) is 23.7. The van der Waals surface area contributed by atoms with Gasteiger partial charge in [-0.05, 0) is 37.6 Å². The van der Waals surface area contributed by atoms with Crippen molar-refractivity contribution in [1.29, 1.82) is 0 Å². The van der Waals surface area contributed by atoms with E-state index in [2.05, 4.69) is 10.3 Å². The molecular formula is C20H23FN4O. The summed E-state index contributed by atoms with van der Waals surface area (Å²) in [7, 11) is 0. The van der Waals surface area contributed by atoms with Crippen LogP contribution in [-0.4, -0.2) is 40.4 Å². The maximum atomic E-state index is 13.8. The molecule has 4 rings (SSSR count). The van der Waals surface area contributed by atoms with Crippen molar-refractivity contribution in [1.82, 2.24) is 20.2 Å². The monoisotopic (exact) mass is 354 g/mol. The highest BCUT2D eigenvalue weighted by Gasteiger charge is 2.25. The Morgan fingerprint density at radius 2 is 2.08 bits per heavy atom. The first-order valence-electron chi connectivity index (χ1n) is 9.27. The molecule has 0 bridgehead atoms. The molecule has 0 spiro atoms. The fourth-order valence-electron chi connectivity index (χ4n) is 3.74. The van der Waals surface area contributed by atoms with Crippen LogP contribution in [-0.2, 0) is 24.2 Å². The van der Waals surface area contributed by atoms with Gasteiger partial charge in [-0.3, -0.25) is 4.79 Å². The number of fused-ring (bicyclic) bond motifs is 1. The molecule has 0 radical (unpaired) electrons. The molecule has 6 heteroatoms. The number of amides is 1. The SMILES string of the molecule is O=C(Cc1ccccc1F)N1CCc2nc(C3CCNCC3)ncc2C1. The van der Waals surface area contributed by atoms with Crippen LogP contribution in [0.25, 0.3) is 0 Å². The second kappa shape index (κ2) is 7.50. The van der Waals surface area contributed by atoms with Crippen LogP contribution < -0.4 is 5.32 Å². The summed E-state index contributed by atoms with van der Waals surface area (Å²) in [6.07, 6.45) is 4.86. The second-order valence-electron chi connectivity index (χ2n) is 7.06. The second-order valence-corrected chi connectivity index (χ2v) is 7.06. The molecule has 1 fully saturated rings. The third kappa shape index (κ3) is 3.60. The first-order chi connectivity index (χ1) is 12.7. The highest BCUT2D eigenvalue weighted by Crippen LogP contribution is 2.25. The number of carbonyl (C=O) groups excluding carboxylic acids is 1. The van der Waals surface area contributed by atoms with Crippen molar-refractivity contribution < 1.29 is 9.18 Å². The number of hydrogen-bond acceptors (Lipinski definition) is 4. The number of nitrogens with one attached hydrogen (secondary N) is 1. The maximum absolute atomic E-state index is 13.8. The van der Waals surface area contributed by atoms with E-state index in [4.69, 9.17) is 4.98 Å². The van der Waals surface area contributed by atoms with Crippen LogP contribution >= 0.6 is 0 Å². The average molecular weight is 354 g/mol. The molecule has 0 unspecified atom stereocenters. The van der Waals surface area contributed by atoms with Gasteiger partial charge in [-0.2, -0.15) is 0 Å². The molecular weight excluding hydrogens is 331 g/mol. The maximum Gasteiger partial charge on any atom is 0.227 e.